The second-order valence-corrected chi connectivity index (χ2v) is 7.11. The normalized spacial score (nSPS) is 30.9. The van der Waals surface area contributed by atoms with Crippen LogP contribution >= 0.6 is 0 Å². The first kappa shape index (κ1) is 15.8. The SMILES string of the molecule is CN1CCCC1C1CCCN1C(=O)CN1CCCCCC1=O. The first-order chi connectivity index (χ1) is 10.7. The highest BCUT2D eigenvalue weighted by Gasteiger charge is 2.38. The zero-order valence-electron chi connectivity index (χ0n) is 13.8. The highest BCUT2D eigenvalue weighted by molar-refractivity contribution is 5.85. The number of rotatable bonds is 3. The summed E-state index contributed by atoms with van der Waals surface area (Å²) in [6, 6.07) is 0.883. The van der Waals surface area contributed by atoms with Crippen molar-refractivity contribution in [3.05, 3.63) is 0 Å². The highest BCUT2D eigenvalue weighted by Crippen LogP contribution is 2.29. The first-order valence-electron chi connectivity index (χ1n) is 8.94. The maximum absolute atomic E-state index is 12.8. The van der Waals surface area contributed by atoms with E-state index in [4.69, 9.17) is 0 Å². The molecule has 0 bridgehead atoms. The van der Waals surface area contributed by atoms with Crippen LogP contribution in [0.25, 0.3) is 0 Å². The van der Waals surface area contributed by atoms with E-state index in [-0.39, 0.29) is 11.8 Å². The summed E-state index contributed by atoms with van der Waals surface area (Å²) in [5.41, 5.74) is 0. The van der Waals surface area contributed by atoms with Crippen molar-refractivity contribution in [3.63, 3.8) is 0 Å². The van der Waals surface area contributed by atoms with Crippen molar-refractivity contribution in [2.45, 2.75) is 63.5 Å². The molecular weight excluding hydrogens is 278 g/mol. The Bertz CT molecular complexity index is 426. The molecule has 3 fully saturated rings. The molecule has 3 heterocycles. The van der Waals surface area contributed by atoms with E-state index in [2.05, 4.69) is 16.8 Å². The molecule has 3 aliphatic rings. The molecule has 0 aromatic carbocycles. The van der Waals surface area contributed by atoms with Gasteiger partial charge in [0.05, 0.1) is 6.54 Å². The number of likely N-dealkylation sites (tertiary alicyclic amines) is 3. The van der Waals surface area contributed by atoms with E-state index in [1.807, 2.05) is 0 Å². The second kappa shape index (κ2) is 6.99. The van der Waals surface area contributed by atoms with Crippen LogP contribution < -0.4 is 0 Å². The van der Waals surface area contributed by atoms with Gasteiger partial charge in [0.1, 0.15) is 0 Å². The Morgan fingerprint density at radius 2 is 1.77 bits per heavy atom. The van der Waals surface area contributed by atoms with Crippen LogP contribution in [-0.4, -0.2) is 71.8 Å². The van der Waals surface area contributed by atoms with Crippen LogP contribution in [0.2, 0.25) is 0 Å². The van der Waals surface area contributed by atoms with Crippen molar-refractivity contribution in [3.8, 4) is 0 Å². The summed E-state index contributed by atoms with van der Waals surface area (Å²) in [5, 5.41) is 0. The molecule has 5 heteroatoms. The number of hydrogen-bond acceptors (Lipinski definition) is 3. The van der Waals surface area contributed by atoms with Crippen molar-refractivity contribution in [2.75, 3.05) is 33.2 Å². The van der Waals surface area contributed by atoms with Gasteiger partial charge in [-0.05, 0) is 52.1 Å². The molecular formula is C17H29N3O2. The van der Waals surface area contributed by atoms with E-state index in [0.29, 0.717) is 25.0 Å². The zero-order chi connectivity index (χ0) is 15.5. The lowest BCUT2D eigenvalue weighted by Crippen LogP contribution is -2.50. The molecule has 0 saturated carbocycles. The van der Waals surface area contributed by atoms with Crippen LogP contribution in [0.4, 0.5) is 0 Å². The van der Waals surface area contributed by atoms with Gasteiger partial charge in [0.2, 0.25) is 11.8 Å². The van der Waals surface area contributed by atoms with Gasteiger partial charge in [-0.1, -0.05) is 6.42 Å². The third-order valence-electron chi connectivity index (χ3n) is 5.64. The number of nitrogens with zero attached hydrogens (tertiary/aromatic N) is 3. The molecule has 5 nitrogen and oxygen atoms in total. The van der Waals surface area contributed by atoms with Gasteiger partial charge in [-0.15, -0.1) is 0 Å². The lowest BCUT2D eigenvalue weighted by Gasteiger charge is -2.34. The van der Waals surface area contributed by atoms with Crippen LogP contribution in [-0.2, 0) is 9.59 Å². The highest BCUT2D eigenvalue weighted by atomic mass is 16.2. The number of likely N-dealkylation sites (N-methyl/N-ethyl adjacent to an activating group) is 1. The van der Waals surface area contributed by atoms with Crippen LogP contribution in [0.3, 0.4) is 0 Å². The van der Waals surface area contributed by atoms with Crippen molar-refractivity contribution in [1.29, 1.82) is 0 Å². The Morgan fingerprint density at radius 1 is 1.00 bits per heavy atom. The largest absolute Gasteiger partial charge is 0.337 e. The fourth-order valence-electron chi connectivity index (χ4n) is 4.38. The Balaban J connectivity index is 1.61. The smallest absolute Gasteiger partial charge is 0.242 e. The average Bonchev–Trinajstić information content (AvgIpc) is 3.08. The quantitative estimate of drug-likeness (QED) is 0.793. The van der Waals surface area contributed by atoms with E-state index in [9.17, 15) is 9.59 Å². The van der Waals surface area contributed by atoms with Gasteiger partial charge in [-0.3, -0.25) is 9.59 Å². The summed E-state index contributed by atoms with van der Waals surface area (Å²) in [4.78, 5) is 31.1. The van der Waals surface area contributed by atoms with Crippen molar-refractivity contribution < 1.29 is 9.59 Å². The van der Waals surface area contributed by atoms with Gasteiger partial charge >= 0.3 is 0 Å². The fourth-order valence-corrected chi connectivity index (χ4v) is 4.38. The number of carbonyl (C=O) groups is 2. The third-order valence-corrected chi connectivity index (χ3v) is 5.64. The molecule has 3 aliphatic heterocycles. The van der Waals surface area contributed by atoms with Crippen molar-refractivity contribution in [2.24, 2.45) is 0 Å². The summed E-state index contributed by atoms with van der Waals surface area (Å²) in [6.07, 6.45) is 8.40. The summed E-state index contributed by atoms with van der Waals surface area (Å²) in [7, 11) is 2.18. The molecule has 2 amide bonds. The van der Waals surface area contributed by atoms with Gasteiger partial charge in [-0.2, -0.15) is 0 Å². The van der Waals surface area contributed by atoms with E-state index >= 15 is 0 Å². The third kappa shape index (κ3) is 3.29. The maximum Gasteiger partial charge on any atom is 0.242 e. The summed E-state index contributed by atoms with van der Waals surface area (Å²) >= 11 is 0. The molecule has 2 atom stereocenters. The van der Waals surface area contributed by atoms with Crippen molar-refractivity contribution in [1.82, 2.24) is 14.7 Å². The lowest BCUT2D eigenvalue weighted by atomic mass is 10.0. The summed E-state index contributed by atoms with van der Waals surface area (Å²) in [5.74, 6) is 0.331. The molecule has 0 N–H and O–H groups in total. The number of carbonyl (C=O) groups excluding carboxylic acids is 2. The minimum absolute atomic E-state index is 0.165. The lowest BCUT2D eigenvalue weighted by molar-refractivity contribution is -0.141. The summed E-state index contributed by atoms with van der Waals surface area (Å²) in [6.45, 7) is 3.07. The molecule has 0 aliphatic carbocycles. The zero-order valence-corrected chi connectivity index (χ0v) is 13.8. The fraction of sp³-hybridized carbons (Fsp3) is 0.882. The Hall–Kier alpha value is -1.10. The Kier molecular flexibility index (Phi) is 5.01. The van der Waals surface area contributed by atoms with Gasteiger partial charge < -0.3 is 14.7 Å². The molecule has 0 aromatic rings. The van der Waals surface area contributed by atoms with Crippen LogP contribution in [0, 0.1) is 0 Å². The van der Waals surface area contributed by atoms with Gasteiger partial charge in [0.25, 0.3) is 0 Å². The molecule has 124 valence electrons. The first-order valence-corrected chi connectivity index (χ1v) is 8.94. The molecule has 2 unspecified atom stereocenters. The minimum atomic E-state index is 0.165. The number of amides is 2. The molecule has 22 heavy (non-hydrogen) atoms. The standard InChI is InChI=1S/C17H29N3O2/c1-18-10-5-7-14(18)15-8-6-12-20(15)17(22)13-19-11-4-2-3-9-16(19)21/h14-15H,2-13H2,1H3. The Morgan fingerprint density at radius 3 is 2.55 bits per heavy atom. The van der Waals surface area contributed by atoms with E-state index in [0.717, 1.165) is 51.7 Å². The van der Waals surface area contributed by atoms with E-state index < -0.39 is 0 Å². The predicted octanol–water partition coefficient (Wildman–Crippen LogP) is 1.47. The second-order valence-electron chi connectivity index (χ2n) is 7.11. The predicted molar refractivity (Wildman–Crippen MR) is 85.4 cm³/mol. The molecule has 0 radical (unpaired) electrons. The monoisotopic (exact) mass is 307 g/mol. The maximum atomic E-state index is 12.8. The van der Waals surface area contributed by atoms with Gasteiger partial charge in [0, 0.05) is 31.6 Å². The van der Waals surface area contributed by atoms with Crippen LogP contribution in [0.15, 0.2) is 0 Å². The molecule has 3 rings (SSSR count). The average molecular weight is 307 g/mol. The van der Waals surface area contributed by atoms with E-state index in [1.165, 1.54) is 12.8 Å². The number of hydrogen-bond donors (Lipinski definition) is 0. The van der Waals surface area contributed by atoms with Crippen molar-refractivity contribution >= 4 is 11.8 Å². The summed E-state index contributed by atoms with van der Waals surface area (Å²) < 4.78 is 0. The van der Waals surface area contributed by atoms with E-state index in [1.54, 1.807) is 4.90 Å². The minimum Gasteiger partial charge on any atom is -0.337 e. The Labute approximate surface area is 133 Å². The molecule has 0 aromatic heterocycles. The molecule has 3 saturated heterocycles. The van der Waals surface area contributed by atoms with Gasteiger partial charge in [-0.25, -0.2) is 0 Å². The van der Waals surface area contributed by atoms with Crippen LogP contribution in [0.1, 0.15) is 51.4 Å². The van der Waals surface area contributed by atoms with Crippen LogP contribution in [0.5, 0.6) is 0 Å². The topological polar surface area (TPSA) is 43.9 Å². The van der Waals surface area contributed by atoms with Gasteiger partial charge in [0.15, 0.2) is 0 Å². The molecule has 0 spiro atoms.